The van der Waals surface area contributed by atoms with Crippen molar-refractivity contribution in [1.82, 2.24) is 5.32 Å². The Bertz CT molecular complexity index is 533. The maximum absolute atomic E-state index is 11.9. The lowest BCUT2D eigenvalue weighted by atomic mass is 10.2. The van der Waals surface area contributed by atoms with E-state index in [1.807, 2.05) is 0 Å². The third kappa shape index (κ3) is 5.65. The van der Waals surface area contributed by atoms with Crippen LogP contribution in [0.25, 0.3) is 0 Å². The van der Waals surface area contributed by atoms with Crippen molar-refractivity contribution in [3.05, 3.63) is 33.9 Å². The highest BCUT2D eigenvalue weighted by atomic mass is 19.4. The van der Waals surface area contributed by atoms with Gasteiger partial charge in [-0.2, -0.15) is 13.2 Å². The molecule has 2 N–H and O–H groups in total. The number of hydrogen-bond donors (Lipinski definition) is 2. The molecule has 1 amide bonds. The number of nitrogens with zero attached hydrogens (tertiary/aromatic N) is 1. The zero-order valence-corrected chi connectivity index (χ0v) is 10.5. The quantitative estimate of drug-likeness (QED) is 0.606. The van der Waals surface area contributed by atoms with Crippen LogP contribution in [0.2, 0.25) is 0 Å². The third-order valence-corrected chi connectivity index (χ3v) is 2.25. The van der Waals surface area contributed by atoms with Crippen LogP contribution < -0.4 is 10.1 Å². The second-order valence-corrected chi connectivity index (χ2v) is 3.90. The maximum Gasteiger partial charge on any atom is 0.405 e. The predicted octanol–water partition coefficient (Wildman–Crippen LogP) is 1.14. The fourth-order valence-corrected chi connectivity index (χ4v) is 1.32. The smallest absolute Gasteiger partial charge is 0.405 e. The van der Waals surface area contributed by atoms with Gasteiger partial charge >= 0.3 is 11.9 Å². The predicted molar refractivity (Wildman–Crippen MR) is 63.6 cm³/mol. The normalized spacial score (nSPS) is 11.0. The van der Waals surface area contributed by atoms with Gasteiger partial charge in [0, 0.05) is 6.07 Å². The number of aliphatic hydroxyl groups excluding tert-OH is 1. The molecule has 0 aromatic heterocycles. The number of aliphatic hydroxyl groups is 1. The Morgan fingerprint density at radius 1 is 1.43 bits per heavy atom. The van der Waals surface area contributed by atoms with Crippen LogP contribution in [0.3, 0.4) is 0 Å². The van der Waals surface area contributed by atoms with Crippen molar-refractivity contribution in [2.24, 2.45) is 0 Å². The lowest BCUT2D eigenvalue weighted by Crippen LogP contribution is -2.36. The van der Waals surface area contributed by atoms with Gasteiger partial charge in [-0.25, -0.2) is 0 Å². The van der Waals surface area contributed by atoms with Gasteiger partial charge in [0.05, 0.1) is 11.5 Å². The van der Waals surface area contributed by atoms with Gasteiger partial charge in [0.25, 0.3) is 5.91 Å². The van der Waals surface area contributed by atoms with Gasteiger partial charge in [-0.05, 0) is 17.7 Å². The van der Waals surface area contributed by atoms with Crippen molar-refractivity contribution in [1.29, 1.82) is 0 Å². The second kappa shape index (κ2) is 6.88. The number of hydrogen-bond acceptors (Lipinski definition) is 5. The minimum Gasteiger partial charge on any atom is -0.477 e. The second-order valence-electron chi connectivity index (χ2n) is 3.90. The summed E-state index contributed by atoms with van der Waals surface area (Å²) < 4.78 is 40.5. The summed E-state index contributed by atoms with van der Waals surface area (Å²) in [4.78, 5) is 21.1. The topological polar surface area (TPSA) is 102 Å². The first-order valence-electron chi connectivity index (χ1n) is 5.57. The number of carbonyl (C=O) groups excluding carboxylic acids is 1. The van der Waals surface area contributed by atoms with E-state index in [4.69, 9.17) is 9.84 Å². The summed E-state index contributed by atoms with van der Waals surface area (Å²) >= 11 is 0. The molecule has 0 fully saturated rings. The van der Waals surface area contributed by atoms with Crippen LogP contribution in [-0.4, -0.2) is 35.3 Å². The van der Waals surface area contributed by atoms with E-state index in [9.17, 15) is 28.1 Å². The first kappa shape index (κ1) is 16.7. The molecule has 10 heteroatoms. The van der Waals surface area contributed by atoms with Gasteiger partial charge in [-0.1, -0.05) is 0 Å². The average Bonchev–Trinajstić information content (AvgIpc) is 2.41. The number of halogens is 3. The summed E-state index contributed by atoms with van der Waals surface area (Å²) in [7, 11) is 0. The van der Waals surface area contributed by atoms with E-state index in [-0.39, 0.29) is 5.75 Å². The molecule has 1 rings (SSSR count). The lowest BCUT2D eigenvalue weighted by molar-refractivity contribution is -0.385. The molecular formula is C11H11F3N2O5. The molecule has 1 aromatic rings. The van der Waals surface area contributed by atoms with Crippen LogP contribution >= 0.6 is 0 Å². The van der Waals surface area contributed by atoms with Gasteiger partial charge < -0.3 is 15.2 Å². The van der Waals surface area contributed by atoms with E-state index < -0.39 is 42.5 Å². The average molecular weight is 308 g/mol. The van der Waals surface area contributed by atoms with Crippen LogP contribution in [0.5, 0.6) is 5.75 Å². The Morgan fingerprint density at radius 2 is 2.10 bits per heavy atom. The summed E-state index contributed by atoms with van der Waals surface area (Å²) in [5.41, 5.74) is -0.165. The van der Waals surface area contributed by atoms with Crippen molar-refractivity contribution in [2.45, 2.75) is 12.8 Å². The van der Waals surface area contributed by atoms with Crippen LogP contribution in [0.1, 0.15) is 5.56 Å². The van der Waals surface area contributed by atoms with Crippen LogP contribution in [0.15, 0.2) is 18.2 Å². The number of amides is 1. The highest BCUT2D eigenvalue weighted by molar-refractivity contribution is 5.77. The van der Waals surface area contributed by atoms with E-state index in [1.54, 1.807) is 5.32 Å². The van der Waals surface area contributed by atoms with Crippen molar-refractivity contribution in [2.75, 3.05) is 13.2 Å². The minimum atomic E-state index is -4.56. The molecule has 0 bridgehead atoms. The number of ether oxygens (including phenoxy) is 1. The van der Waals surface area contributed by atoms with Crippen molar-refractivity contribution in [3.63, 3.8) is 0 Å². The molecule has 0 unspecified atom stereocenters. The summed E-state index contributed by atoms with van der Waals surface area (Å²) in [6, 6.07) is 3.48. The van der Waals surface area contributed by atoms with Gasteiger partial charge in [0.2, 0.25) is 0 Å². The van der Waals surface area contributed by atoms with Crippen LogP contribution in [-0.2, 0) is 11.4 Å². The molecular weight excluding hydrogens is 297 g/mol. The van der Waals surface area contributed by atoms with Crippen LogP contribution in [0.4, 0.5) is 18.9 Å². The third-order valence-electron chi connectivity index (χ3n) is 2.25. The molecule has 0 atom stereocenters. The Labute approximate surface area is 116 Å². The fraction of sp³-hybridized carbons (Fsp3) is 0.364. The Balaban J connectivity index is 2.69. The molecule has 0 aliphatic rings. The zero-order chi connectivity index (χ0) is 16.0. The van der Waals surface area contributed by atoms with Gasteiger partial charge in [0.15, 0.2) is 12.4 Å². The number of benzene rings is 1. The standard InChI is InChI=1S/C11H11F3N2O5/c12-11(13,14)6-15-10(18)5-21-9-3-7(4-17)1-2-8(9)16(19)20/h1-3,17H,4-6H2,(H,15,18). The van der Waals surface area contributed by atoms with Crippen molar-refractivity contribution in [3.8, 4) is 5.75 Å². The van der Waals surface area contributed by atoms with E-state index in [2.05, 4.69) is 0 Å². The van der Waals surface area contributed by atoms with Gasteiger partial charge in [-0.3, -0.25) is 14.9 Å². The maximum atomic E-state index is 11.9. The molecule has 7 nitrogen and oxygen atoms in total. The molecule has 0 saturated heterocycles. The zero-order valence-electron chi connectivity index (χ0n) is 10.5. The monoisotopic (exact) mass is 308 g/mol. The molecule has 0 heterocycles. The lowest BCUT2D eigenvalue weighted by Gasteiger charge is -2.10. The van der Waals surface area contributed by atoms with Crippen LogP contribution in [0, 0.1) is 10.1 Å². The molecule has 1 aromatic carbocycles. The first-order valence-corrected chi connectivity index (χ1v) is 5.57. The number of nitro groups is 1. The van der Waals surface area contributed by atoms with Gasteiger partial charge in [-0.15, -0.1) is 0 Å². The van der Waals surface area contributed by atoms with Gasteiger partial charge in [0.1, 0.15) is 6.54 Å². The van der Waals surface area contributed by atoms with E-state index >= 15 is 0 Å². The molecule has 0 aliphatic heterocycles. The molecule has 0 radical (unpaired) electrons. The largest absolute Gasteiger partial charge is 0.477 e. The molecule has 0 saturated carbocycles. The number of carbonyl (C=O) groups is 1. The van der Waals surface area contributed by atoms with Crippen molar-refractivity contribution >= 4 is 11.6 Å². The summed E-state index contributed by atoms with van der Waals surface area (Å²) in [6.45, 7) is -2.74. The highest BCUT2D eigenvalue weighted by Gasteiger charge is 2.27. The number of nitrogens with one attached hydrogen (secondary N) is 1. The fourth-order valence-electron chi connectivity index (χ4n) is 1.32. The van der Waals surface area contributed by atoms with E-state index in [0.29, 0.717) is 5.56 Å². The number of rotatable bonds is 6. The molecule has 21 heavy (non-hydrogen) atoms. The minimum absolute atomic E-state index is 0.297. The Hall–Kier alpha value is -2.36. The summed E-state index contributed by atoms with van der Waals surface area (Å²) in [5, 5.41) is 21.2. The Morgan fingerprint density at radius 3 is 2.62 bits per heavy atom. The van der Waals surface area contributed by atoms with E-state index in [1.165, 1.54) is 6.07 Å². The SMILES string of the molecule is O=C(COc1cc(CO)ccc1[N+](=O)[O-])NCC(F)(F)F. The number of alkyl halides is 3. The molecule has 116 valence electrons. The number of nitro benzene ring substituents is 1. The summed E-state index contributed by atoms with van der Waals surface area (Å²) in [5.74, 6) is -1.38. The summed E-state index contributed by atoms with van der Waals surface area (Å²) in [6.07, 6.45) is -4.56. The first-order chi connectivity index (χ1) is 9.73. The Kier molecular flexibility index (Phi) is 5.47. The highest BCUT2D eigenvalue weighted by Crippen LogP contribution is 2.27. The van der Waals surface area contributed by atoms with Crippen molar-refractivity contribution < 1.29 is 32.7 Å². The van der Waals surface area contributed by atoms with E-state index in [0.717, 1.165) is 12.1 Å². The molecule has 0 spiro atoms. The molecule has 0 aliphatic carbocycles.